The number of aryl methyl sites for hydroxylation is 2. The predicted octanol–water partition coefficient (Wildman–Crippen LogP) is 2.63. The molecule has 0 aromatic carbocycles. The van der Waals surface area contributed by atoms with Gasteiger partial charge in [0, 0.05) is 6.20 Å². The molecule has 1 aromatic rings. The standard InChI is InChI=1S/C11H12N2/c1-9-7-10(2)11(13-8-9)5-3-4-6-12/h3,5,7-8H,4H2,1-2H3. The summed E-state index contributed by atoms with van der Waals surface area (Å²) in [6.45, 7) is 4.04. The van der Waals surface area contributed by atoms with Gasteiger partial charge in [-0.25, -0.2) is 0 Å². The molecule has 66 valence electrons. The SMILES string of the molecule is Cc1cnc(C=CCC#N)c(C)c1. The van der Waals surface area contributed by atoms with E-state index in [0.29, 0.717) is 6.42 Å². The summed E-state index contributed by atoms with van der Waals surface area (Å²) < 4.78 is 0. The van der Waals surface area contributed by atoms with E-state index >= 15 is 0 Å². The third-order valence-electron chi connectivity index (χ3n) is 1.74. The van der Waals surface area contributed by atoms with Crippen LogP contribution in [0.25, 0.3) is 6.08 Å². The molecule has 2 nitrogen and oxygen atoms in total. The Labute approximate surface area is 78.5 Å². The quantitative estimate of drug-likeness (QED) is 0.687. The van der Waals surface area contributed by atoms with Gasteiger partial charge in [0.25, 0.3) is 0 Å². The molecule has 0 spiro atoms. The maximum atomic E-state index is 8.34. The van der Waals surface area contributed by atoms with Crippen molar-refractivity contribution in [2.45, 2.75) is 20.3 Å². The van der Waals surface area contributed by atoms with Crippen LogP contribution in [0.5, 0.6) is 0 Å². The summed E-state index contributed by atoms with van der Waals surface area (Å²) in [5.74, 6) is 0. The molecule has 0 aliphatic rings. The van der Waals surface area contributed by atoms with Gasteiger partial charge in [-0.05, 0) is 31.1 Å². The van der Waals surface area contributed by atoms with Crippen LogP contribution < -0.4 is 0 Å². The molecule has 0 atom stereocenters. The molecule has 0 fully saturated rings. The average Bonchev–Trinajstić information content (AvgIpc) is 2.09. The molecule has 0 bridgehead atoms. The van der Waals surface area contributed by atoms with Gasteiger partial charge in [-0.1, -0.05) is 12.1 Å². The van der Waals surface area contributed by atoms with E-state index in [1.54, 1.807) is 0 Å². The summed E-state index contributed by atoms with van der Waals surface area (Å²) in [5, 5.41) is 8.34. The molecule has 1 aromatic heterocycles. The molecule has 0 aliphatic heterocycles. The Morgan fingerprint density at radius 2 is 2.31 bits per heavy atom. The van der Waals surface area contributed by atoms with Gasteiger partial charge in [-0.3, -0.25) is 4.98 Å². The Kier molecular flexibility index (Phi) is 3.22. The maximum Gasteiger partial charge on any atom is 0.0663 e. The minimum absolute atomic E-state index is 0.439. The maximum absolute atomic E-state index is 8.34. The van der Waals surface area contributed by atoms with Crippen LogP contribution >= 0.6 is 0 Å². The fourth-order valence-electron chi connectivity index (χ4n) is 1.12. The van der Waals surface area contributed by atoms with Crippen LogP contribution in [0.3, 0.4) is 0 Å². The van der Waals surface area contributed by atoms with Crippen LogP contribution in [-0.4, -0.2) is 4.98 Å². The van der Waals surface area contributed by atoms with E-state index in [0.717, 1.165) is 16.8 Å². The van der Waals surface area contributed by atoms with Crippen molar-refractivity contribution in [3.8, 4) is 6.07 Å². The zero-order valence-electron chi connectivity index (χ0n) is 7.91. The van der Waals surface area contributed by atoms with Crippen LogP contribution in [0.1, 0.15) is 23.2 Å². The van der Waals surface area contributed by atoms with Gasteiger partial charge in [0.05, 0.1) is 18.2 Å². The summed E-state index contributed by atoms with van der Waals surface area (Å²) >= 11 is 0. The fourth-order valence-corrected chi connectivity index (χ4v) is 1.12. The number of hydrogen-bond donors (Lipinski definition) is 0. The van der Waals surface area contributed by atoms with E-state index in [9.17, 15) is 0 Å². The van der Waals surface area contributed by atoms with Crippen molar-refractivity contribution in [2.75, 3.05) is 0 Å². The second-order valence-corrected chi connectivity index (χ2v) is 2.98. The van der Waals surface area contributed by atoms with Crippen molar-refractivity contribution in [3.63, 3.8) is 0 Å². The molecule has 0 N–H and O–H groups in total. The summed E-state index contributed by atoms with van der Waals surface area (Å²) in [6.07, 6.45) is 5.98. The Bertz CT molecular complexity index is 359. The molecule has 0 radical (unpaired) electrons. The first-order valence-electron chi connectivity index (χ1n) is 4.21. The van der Waals surface area contributed by atoms with E-state index in [4.69, 9.17) is 5.26 Å². The molecule has 0 unspecified atom stereocenters. The molecule has 0 amide bonds. The molecule has 0 aliphatic carbocycles. The lowest BCUT2D eigenvalue weighted by molar-refractivity contribution is 1.19. The van der Waals surface area contributed by atoms with Crippen molar-refractivity contribution in [1.82, 2.24) is 4.98 Å². The second kappa shape index (κ2) is 4.42. The van der Waals surface area contributed by atoms with Crippen molar-refractivity contribution in [2.24, 2.45) is 0 Å². The van der Waals surface area contributed by atoms with Gasteiger partial charge < -0.3 is 0 Å². The van der Waals surface area contributed by atoms with E-state index in [2.05, 4.69) is 17.1 Å². The van der Waals surface area contributed by atoms with E-state index in [1.165, 1.54) is 0 Å². The zero-order chi connectivity index (χ0) is 9.68. The van der Waals surface area contributed by atoms with Crippen LogP contribution in [0.2, 0.25) is 0 Å². The Morgan fingerprint density at radius 3 is 2.92 bits per heavy atom. The van der Waals surface area contributed by atoms with Crippen LogP contribution in [0.15, 0.2) is 18.3 Å². The van der Waals surface area contributed by atoms with Crippen molar-refractivity contribution in [3.05, 3.63) is 35.2 Å². The number of nitrogens with zero attached hydrogens (tertiary/aromatic N) is 2. The topological polar surface area (TPSA) is 36.7 Å². The van der Waals surface area contributed by atoms with Crippen LogP contribution in [0, 0.1) is 25.2 Å². The van der Waals surface area contributed by atoms with Gasteiger partial charge in [0.2, 0.25) is 0 Å². The first-order valence-corrected chi connectivity index (χ1v) is 4.21. The van der Waals surface area contributed by atoms with Gasteiger partial charge in [0.15, 0.2) is 0 Å². The second-order valence-electron chi connectivity index (χ2n) is 2.98. The summed E-state index contributed by atoms with van der Waals surface area (Å²) in [5.41, 5.74) is 3.25. The Balaban J connectivity index is 2.85. The van der Waals surface area contributed by atoms with Crippen molar-refractivity contribution >= 4 is 6.08 Å². The van der Waals surface area contributed by atoms with Crippen LogP contribution in [0.4, 0.5) is 0 Å². The number of rotatable bonds is 2. The zero-order valence-corrected chi connectivity index (χ0v) is 7.91. The summed E-state index contributed by atoms with van der Waals surface area (Å²) in [4.78, 5) is 4.25. The highest BCUT2D eigenvalue weighted by Gasteiger charge is 1.94. The van der Waals surface area contributed by atoms with Crippen molar-refractivity contribution in [1.29, 1.82) is 5.26 Å². The van der Waals surface area contributed by atoms with Gasteiger partial charge in [0.1, 0.15) is 0 Å². The molecule has 0 saturated heterocycles. The lowest BCUT2D eigenvalue weighted by Crippen LogP contribution is -1.87. The first kappa shape index (κ1) is 9.47. The summed E-state index contributed by atoms with van der Waals surface area (Å²) in [7, 11) is 0. The highest BCUT2D eigenvalue weighted by atomic mass is 14.7. The van der Waals surface area contributed by atoms with Gasteiger partial charge in [-0.15, -0.1) is 0 Å². The highest BCUT2D eigenvalue weighted by molar-refractivity contribution is 5.49. The molecule has 0 saturated carbocycles. The number of hydrogen-bond acceptors (Lipinski definition) is 2. The van der Waals surface area contributed by atoms with Crippen molar-refractivity contribution < 1.29 is 0 Å². The monoisotopic (exact) mass is 172 g/mol. The molecule has 1 rings (SSSR count). The minimum atomic E-state index is 0.439. The predicted molar refractivity (Wildman–Crippen MR) is 53.0 cm³/mol. The normalized spacial score (nSPS) is 10.2. The largest absolute Gasteiger partial charge is 0.256 e. The number of allylic oxidation sites excluding steroid dienone is 1. The smallest absolute Gasteiger partial charge is 0.0663 e. The molecule has 13 heavy (non-hydrogen) atoms. The lowest BCUT2D eigenvalue weighted by atomic mass is 10.1. The average molecular weight is 172 g/mol. The Hall–Kier alpha value is -1.62. The molecular formula is C11H12N2. The third kappa shape index (κ3) is 2.72. The van der Waals surface area contributed by atoms with Crippen LogP contribution in [-0.2, 0) is 0 Å². The Morgan fingerprint density at radius 1 is 1.54 bits per heavy atom. The molecule has 2 heteroatoms. The first-order chi connectivity index (χ1) is 6.24. The highest BCUT2D eigenvalue weighted by Crippen LogP contribution is 2.08. The van der Waals surface area contributed by atoms with Gasteiger partial charge >= 0.3 is 0 Å². The number of pyridine rings is 1. The summed E-state index contributed by atoms with van der Waals surface area (Å²) in [6, 6.07) is 4.14. The minimum Gasteiger partial charge on any atom is -0.256 e. The number of nitriles is 1. The van der Waals surface area contributed by atoms with E-state index in [-0.39, 0.29) is 0 Å². The third-order valence-corrected chi connectivity index (χ3v) is 1.74. The fraction of sp³-hybridized carbons (Fsp3) is 0.273. The lowest BCUT2D eigenvalue weighted by Gasteiger charge is -1.99. The number of aromatic nitrogens is 1. The van der Waals surface area contributed by atoms with Gasteiger partial charge in [-0.2, -0.15) is 5.26 Å². The molecular weight excluding hydrogens is 160 g/mol. The molecule has 1 heterocycles. The van der Waals surface area contributed by atoms with E-state index < -0.39 is 0 Å². The van der Waals surface area contributed by atoms with E-state index in [1.807, 2.05) is 32.2 Å².